The Bertz CT molecular complexity index is 743. The molecule has 0 bridgehead atoms. The molecule has 2 aliphatic rings. The molecule has 7 nitrogen and oxygen atoms in total. The summed E-state index contributed by atoms with van der Waals surface area (Å²) in [5.74, 6) is 0.709. The Morgan fingerprint density at radius 3 is 2.47 bits per heavy atom. The molecule has 0 radical (unpaired) electrons. The highest BCUT2D eigenvalue weighted by Gasteiger charge is 2.36. The highest BCUT2D eigenvalue weighted by molar-refractivity contribution is 5.81. The molecule has 1 saturated carbocycles. The average molecular weight is 448 g/mol. The first kappa shape index (κ1) is 24.3. The van der Waals surface area contributed by atoms with E-state index in [1.165, 1.54) is 31.4 Å². The minimum absolute atomic E-state index is 0.155. The van der Waals surface area contributed by atoms with E-state index < -0.39 is 0 Å². The molecule has 1 aromatic rings. The molecule has 32 heavy (non-hydrogen) atoms. The van der Waals surface area contributed by atoms with Gasteiger partial charge in [-0.2, -0.15) is 0 Å². The average Bonchev–Trinajstić information content (AvgIpc) is 2.78. The lowest BCUT2D eigenvalue weighted by Gasteiger charge is -2.40. The third kappa shape index (κ3) is 6.82. The molecule has 1 aliphatic carbocycles. The third-order valence-electron chi connectivity index (χ3n) is 6.62. The molecule has 1 saturated heterocycles. The summed E-state index contributed by atoms with van der Waals surface area (Å²) in [5, 5.41) is 6.61. The normalized spacial score (nSPS) is 18.3. The molecule has 2 N–H and O–H groups in total. The quantitative estimate of drug-likeness (QED) is 0.426. The molecule has 1 aliphatic heterocycles. The molecule has 2 fully saturated rings. The SMILES string of the molecule is CCNC(=NCC1(CCOC)CCC1)NCCC(=O)N1CCN(c2ccc(F)cc2)CC1. The summed E-state index contributed by atoms with van der Waals surface area (Å²) in [4.78, 5) is 21.6. The van der Waals surface area contributed by atoms with Gasteiger partial charge in [0.2, 0.25) is 5.91 Å². The third-order valence-corrected chi connectivity index (χ3v) is 6.62. The van der Waals surface area contributed by atoms with Crippen LogP contribution >= 0.6 is 0 Å². The number of guanidine groups is 1. The first-order chi connectivity index (χ1) is 15.5. The van der Waals surface area contributed by atoms with Crippen LogP contribution in [0, 0.1) is 11.2 Å². The van der Waals surface area contributed by atoms with Crippen molar-refractivity contribution in [1.29, 1.82) is 0 Å². The zero-order valence-corrected chi connectivity index (χ0v) is 19.5. The number of piperazine rings is 1. The molecule has 0 aromatic heterocycles. The number of benzene rings is 1. The van der Waals surface area contributed by atoms with Crippen molar-refractivity contribution in [1.82, 2.24) is 15.5 Å². The number of rotatable bonds is 10. The number of ether oxygens (including phenoxy) is 1. The Labute approximate surface area is 191 Å². The van der Waals surface area contributed by atoms with Gasteiger partial charge in [0, 0.05) is 71.6 Å². The van der Waals surface area contributed by atoms with Crippen molar-refractivity contribution in [3.63, 3.8) is 0 Å². The van der Waals surface area contributed by atoms with Crippen molar-refractivity contribution in [2.45, 2.75) is 39.0 Å². The van der Waals surface area contributed by atoms with Crippen molar-refractivity contribution in [3.8, 4) is 0 Å². The van der Waals surface area contributed by atoms with E-state index in [4.69, 9.17) is 9.73 Å². The second kappa shape index (κ2) is 12.0. The summed E-state index contributed by atoms with van der Waals surface area (Å²) < 4.78 is 18.4. The molecule has 1 aromatic carbocycles. The van der Waals surface area contributed by atoms with Crippen LogP contribution in [0.5, 0.6) is 0 Å². The van der Waals surface area contributed by atoms with Gasteiger partial charge in [0.1, 0.15) is 5.82 Å². The maximum atomic E-state index is 13.1. The molecule has 3 rings (SSSR count). The standard InChI is InChI=1S/C24H38FN5O2/c1-3-26-23(28-19-24(10-4-11-24)12-18-32-2)27-13-9-22(31)30-16-14-29(15-17-30)21-7-5-20(25)6-8-21/h5-8H,3-4,9-19H2,1-2H3,(H2,26,27,28). The Hall–Kier alpha value is -2.35. The number of methoxy groups -OCH3 is 1. The van der Waals surface area contributed by atoms with Gasteiger partial charge in [-0.25, -0.2) is 4.39 Å². The summed E-state index contributed by atoms with van der Waals surface area (Å²) >= 11 is 0. The number of anilines is 1. The first-order valence-electron chi connectivity index (χ1n) is 11.8. The van der Waals surface area contributed by atoms with E-state index in [1.807, 2.05) is 11.8 Å². The predicted octanol–water partition coefficient (Wildman–Crippen LogP) is 2.63. The highest BCUT2D eigenvalue weighted by atomic mass is 19.1. The predicted molar refractivity (Wildman–Crippen MR) is 127 cm³/mol. The highest BCUT2D eigenvalue weighted by Crippen LogP contribution is 2.44. The van der Waals surface area contributed by atoms with Gasteiger partial charge in [0.25, 0.3) is 0 Å². The molecule has 1 amide bonds. The zero-order chi connectivity index (χ0) is 22.8. The largest absolute Gasteiger partial charge is 0.385 e. The molecule has 0 atom stereocenters. The topological polar surface area (TPSA) is 69.2 Å². The lowest BCUT2D eigenvalue weighted by atomic mass is 9.67. The van der Waals surface area contributed by atoms with Crippen molar-refractivity contribution in [2.75, 3.05) is 64.4 Å². The van der Waals surface area contributed by atoms with E-state index in [9.17, 15) is 9.18 Å². The van der Waals surface area contributed by atoms with Crippen molar-refractivity contribution >= 4 is 17.6 Å². The Kier molecular flexibility index (Phi) is 9.14. The molecular weight excluding hydrogens is 409 g/mol. The van der Waals surface area contributed by atoms with E-state index in [1.54, 1.807) is 19.2 Å². The number of hydrogen-bond donors (Lipinski definition) is 2. The molecule has 1 heterocycles. The zero-order valence-electron chi connectivity index (χ0n) is 19.5. The van der Waals surface area contributed by atoms with Crippen LogP contribution in [0.1, 0.15) is 39.0 Å². The van der Waals surface area contributed by atoms with Crippen molar-refractivity contribution in [2.24, 2.45) is 10.4 Å². The fourth-order valence-electron chi connectivity index (χ4n) is 4.38. The van der Waals surface area contributed by atoms with Gasteiger partial charge in [0.05, 0.1) is 0 Å². The van der Waals surface area contributed by atoms with Gasteiger partial charge in [-0.3, -0.25) is 9.79 Å². The number of amides is 1. The Morgan fingerprint density at radius 1 is 1.16 bits per heavy atom. The van der Waals surface area contributed by atoms with E-state index in [-0.39, 0.29) is 17.1 Å². The van der Waals surface area contributed by atoms with Crippen molar-refractivity contribution < 1.29 is 13.9 Å². The number of halogens is 1. The van der Waals surface area contributed by atoms with Crippen LogP contribution in [0.25, 0.3) is 0 Å². The van der Waals surface area contributed by atoms with Crippen LogP contribution in [0.15, 0.2) is 29.3 Å². The van der Waals surface area contributed by atoms with Crippen LogP contribution < -0.4 is 15.5 Å². The van der Waals surface area contributed by atoms with Gasteiger partial charge in [0.15, 0.2) is 5.96 Å². The number of aliphatic imine (C=N–C) groups is 1. The van der Waals surface area contributed by atoms with Crippen LogP contribution in [-0.4, -0.2) is 76.3 Å². The number of carbonyl (C=O) groups excluding carboxylic acids is 1. The van der Waals surface area contributed by atoms with Crippen LogP contribution in [-0.2, 0) is 9.53 Å². The lowest BCUT2D eigenvalue weighted by molar-refractivity contribution is -0.131. The van der Waals surface area contributed by atoms with Crippen LogP contribution in [0.4, 0.5) is 10.1 Å². The summed E-state index contributed by atoms with van der Waals surface area (Å²) in [6.45, 7) is 7.88. The fourth-order valence-corrected chi connectivity index (χ4v) is 4.38. The van der Waals surface area contributed by atoms with Gasteiger partial charge in [-0.05, 0) is 55.9 Å². The fraction of sp³-hybridized carbons (Fsp3) is 0.667. The number of nitrogens with zero attached hydrogens (tertiary/aromatic N) is 3. The summed E-state index contributed by atoms with van der Waals surface area (Å²) in [5.41, 5.74) is 1.28. The van der Waals surface area contributed by atoms with E-state index in [0.717, 1.165) is 50.9 Å². The summed E-state index contributed by atoms with van der Waals surface area (Å²) in [7, 11) is 1.75. The Balaban J connectivity index is 1.41. The molecule has 0 unspecified atom stereocenters. The molecule has 178 valence electrons. The second-order valence-corrected chi connectivity index (χ2v) is 8.81. The van der Waals surface area contributed by atoms with Crippen LogP contribution in [0.2, 0.25) is 0 Å². The van der Waals surface area contributed by atoms with E-state index in [0.29, 0.717) is 26.1 Å². The van der Waals surface area contributed by atoms with E-state index >= 15 is 0 Å². The Morgan fingerprint density at radius 2 is 1.88 bits per heavy atom. The first-order valence-corrected chi connectivity index (χ1v) is 11.8. The maximum Gasteiger partial charge on any atom is 0.224 e. The molecule has 0 spiro atoms. The molecule has 8 heteroatoms. The maximum absolute atomic E-state index is 13.1. The van der Waals surface area contributed by atoms with Crippen LogP contribution in [0.3, 0.4) is 0 Å². The second-order valence-electron chi connectivity index (χ2n) is 8.81. The number of hydrogen-bond acceptors (Lipinski definition) is 4. The number of carbonyl (C=O) groups is 1. The monoisotopic (exact) mass is 447 g/mol. The minimum Gasteiger partial charge on any atom is -0.385 e. The van der Waals surface area contributed by atoms with Gasteiger partial charge >= 0.3 is 0 Å². The minimum atomic E-state index is -0.228. The summed E-state index contributed by atoms with van der Waals surface area (Å²) in [6, 6.07) is 6.54. The summed E-state index contributed by atoms with van der Waals surface area (Å²) in [6.07, 6.45) is 5.18. The van der Waals surface area contributed by atoms with Crippen molar-refractivity contribution in [3.05, 3.63) is 30.1 Å². The van der Waals surface area contributed by atoms with Gasteiger partial charge < -0.3 is 25.2 Å². The van der Waals surface area contributed by atoms with Gasteiger partial charge in [-0.1, -0.05) is 6.42 Å². The van der Waals surface area contributed by atoms with E-state index in [2.05, 4.69) is 15.5 Å². The number of nitrogens with one attached hydrogen (secondary N) is 2. The smallest absolute Gasteiger partial charge is 0.224 e. The molecular formula is C24H38FN5O2. The lowest BCUT2D eigenvalue weighted by Crippen LogP contribution is -2.49. The van der Waals surface area contributed by atoms with Gasteiger partial charge in [-0.15, -0.1) is 0 Å².